The van der Waals surface area contributed by atoms with Gasteiger partial charge >= 0.3 is 0 Å². The predicted octanol–water partition coefficient (Wildman–Crippen LogP) is 2.17. The number of hydrogen-bond acceptors (Lipinski definition) is 5. The Balaban J connectivity index is 1.55. The van der Waals surface area contributed by atoms with Gasteiger partial charge in [-0.15, -0.1) is 11.3 Å². The lowest BCUT2D eigenvalue weighted by atomic mass is 10.3. The Morgan fingerprint density at radius 3 is 2.68 bits per heavy atom. The first kappa shape index (κ1) is 12.6. The average molecular weight is 274 g/mol. The van der Waals surface area contributed by atoms with Crippen LogP contribution in [0.5, 0.6) is 0 Å². The van der Waals surface area contributed by atoms with Crippen molar-refractivity contribution in [2.45, 2.75) is 13.5 Å². The fourth-order valence-electron chi connectivity index (χ4n) is 2.39. The molecule has 0 unspecified atom stereocenters. The molecular formula is C14H18N4S. The Morgan fingerprint density at radius 2 is 2.05 bits per heavy atom. The van der Waals surface area contributed by atoms with E-state index in [4.69, 9.17) is 0 Å². The van der Waals surface area contributed by atoms with E-state index in [1.165, 1.54) is 5.69 Å². The Kier molecular flexibility index (Phi) is 3.75. The number of pyridine rings is 1. The lowest BCUT2D eigenvalue weighted by molar-refractivity contribution is 0.247. The summed E-state index contributed by atoms with van der Waals surface area (Å²) in [4.78, 5) is 13.8. The zero-order chi connectivity index (χ0) is 13.1. The van der Waals surface area contributed by atoms with E-state index >= 15 is 0 Å². The summed E-state index contributed by atoms with van der Waals surface area (Å²) < 4.78 is 0. The smallest absolute Gasteiger partial charge is 0.128 e. The van der Waals surface area contributed by atoms with Crippen LogP contribution in [0.2, 0.25) is 0 Å². The van der Waals surface area contributed by atoms with E-state index in [-0.39, 0.29) is 0 Å². The molecule has 3 rings (SSSR count). The van der Waals surface area contributed by atoms with E-state index in [0.717, 1.165) is 43.5 Å². The van der Waals surface area contributed by atoms with Crippen LogP contribution in [-0.2, 0) is 6.54 Å². The molecule has 0 N–H and O–H groups in total. The number of anilines is 1. The quantitative estimate of drug-likeness (QED) is 0.858. The monoisotopic (exact) mass is 274 g/mol. The fourth-order valence-corrected chi connectivity index (χ4v) is 2.99. The molecule has 2 aromatic heterocycles. The highest BCUT2D eigenvalue weighted by atomic mass is 32.1. The van der Waals surface area contributed by atoms with E-state index in [9.17, 15) is 0 Å². The summed E-state index contributed by atoms with van der Waals surface area (Å²) in [5.74, 6) is 1.09. The van der Waals surface area contributed by atoms with E-state index in [2.05, 4.69) is 38.1 Å². The minimum atomic E-state index is 0.973. The highest BCUT2D eigenvalue weighted by molar-refractivity contribution is 7.09. The highest BCUT2D eigenvalue weighted by Gasteiger charge is 2.18. The van der Waals surface area contributed by atoms with Gasteiger partial charge in [0.15, 0.2) is 0 Å². The van der Waals surface area contributed by atoms with Gasteiger partial charge in [-0.1, -0.05) is 6.07 Å². The Morgan fingerprint density at radius 1 is 1.21 bits per heavy atom. The second-order valence-corrected chi connectivity index (χ2v) is 5.87. The first-order valence-corrected chi connectivity index (χ1v) is 7.48. The van der Waals surface area contributed by atoms with E-state index in [1.54, 1.807) is 11.3 Å². The fraction of sp³-hybridized carbons (Fsp3) is 0.429. The lowest BCUT2D eigenvalue weighted by Crippen LogP contribution is -2.46. The molecule has 19 heavy (non-hydrogen) atoms. The number of thiazole rings is 1. The summed E-state index contributed by atoms with van der Waals surface area (Å²) in [6.45, 7) is 7.27. The van der Waals surface area contributed by atoms with Crippen molar-refractivity contribution in [2.75, 3.05) is 31.1 Å². The number of piperazine rings is 1. The second kappa shape index (κ2) is 5.67. The maximum Gasteiger partial charge on any atom is 0.128 e. The molecule has 0 aliphatic carbocycles. The van der Waals surface area contributed by atoms with Crippen molar-refractivity contribution < 1.29 is 0 Å². The maximum absolute atomic E-state index is 4.53. The molecule has 1 aliphatic rings. The number of rotatable bonds is 3. The normalized spacial score (nSPS) is 16.8. The van der Waals surface area contributed by atoms with Gasteiger partial charge in [-0.25, -0.2) is 9.97 Å². The Labute approximate surface area is 117 Å². The third kappa shape index (κ3) is 3.11. The minimum absolute atomic E-state index is 0.973. The van der Waals surface area contributed by atoms with E-state index < -0.39 is 0 Å². The summed E-state index contributed by atoms with van der Waals surface area (Å²) in [5, 5.41) is 3.32. The van der Waals surface area contributed by atoms with Crippen molar-refractivity contribution in [1.29, 1.82) is 0 Å². The van der Waals surface area contributed by atoms with Crippen LogP contribution in [-0.4, -0.2) is 41.0 Å². The van der Waals surface area contributed by atoms with Crippen LogP contribution in [0.3, 0.4) is 0 Å². The SMILES string of the molecule is Cc1nc(CN2CCN(c3ccccn3)CC2)cs1. The van der Waals surface area contributed by atoms with Crippen molar-refractivity contribution in [1.82, 2.24) is 14.9 Å². The lowest BCUT2D eigenvalue weighted by Gasteiger charge is -2.35. The molecule has 3 heterocycles. The standard InChI is InChI=1S/C14H18N4S/c1-12-16-13(11-19-12)10-17-6-8-18(9-7-17)14-4-2-3-5-15-14/h2-5,11H,6-10H2,1H3. The zero-order valence-electron chi connectivity index (χ0n) is 11.1. The molecular weight excluding hydrogens is 256 g/mol. The van der Waals surface area contributed by atoms with Gasteiger partial charge in [0.1, 0.15) is 5.82 Å². The summed E-state index contributed by atoms with van der Waals surface area (Å²) in [6.07, 6.45) is 1.86. The van der Waals surface area contributed by atoms with Crippen molar-refractivity contribution in [3.8, 4) is 0 Å². The van der Waals surface area contributed by atoms with Crippen LogP contribution in [0.1, 0.15) is 10.7 Å². The molecule has 1 fully saturated rings. The molecule has 0 saturated carbocycles. The zero-order valence-corrected chi connectivity index (χ0v) is 11.9. The number of hydrogen-bond donors (Lipinski definition) is 0. The summed E-state index contributed by atoms with van der Waals surface area (Å²) in [7, 11) is 0. The molecule has 1 saturated heterocycles. The molecule has 0 aromatic carbocycles. The van der Waals surface area contributed by atoms with Gasteiger partial charge in [-0.05, 0) is 19.1 Å². The van der Waals surface area contributed by atoms with Gasteiger partial charge in [0.2, 0.25) is 0 Å². The molecule has 5 heteroatoms. The first-order chi connectivity index (χ1) is 9.31. The topological polar surface area (TPSA) is 32.3 Å². The van der Waals surface area contributed by atoms with Crippen molar-refractivity contribution in [3.05, 3.63) is 40.5 Å². The second-order valence-electron chi connectivity index (χ2n) is 4.81. The minimum Gasteiger partial charge on any atom is -0.354 e. The molecule has 4 nitrogen and oxygen atoms in total. The molecule has 0 radical (unpaired) electrons. The third-order valence-corrected chi connectivity index (χ3v) is 4.22. The van der Waals surface area contributed by atoms with Gasteiger partial charge in [0.05, 0.1) is 10.7 Å². The van der Waals surface area contributed by atoms with Crippen LogP contribution in [0.25, 0.3) is 0 Å². The maximum atomic E-state index is 4.53. The van der Waals surface area contributed by atoms with Gasteiger partial charge in [0, 0.05) is 44.3 Å². The van der Waals surface area contributed by atoms with Crippen LogP contribution >= 0.6 is 11.3 Å². The average Bonchev–Trinajstić information content (AvgIpc) is 2.86. The molecule has 2 aromatic rings. The van der Waals surface area contributed by atoms with Crippen LogP contribution < -0.4 is 4.90 Å². The molecule has 100 valence electrons. The third-order valence-electron chi connectivity index (χ3n) is 3.40. The molecule has 1 aliphatic heterocycles. The number of aryl methyl sites for hydroxylation is 1. The largest absolute Gasteiger partial charge is 0.354 e. The summed E-state index contributed by atoms with van der Waals surface area (Å²) >= 11 is 1.73. The predicted molar refractivity (Wildman–Crippen MR) is 78.6 cm³/mol. The van der Waals surface area contributed by atoms with E-state index in [0.29, 0.717) is 0 Å². The van der Waals surface area contributed by atoms with Gasteiger partial charge < -0.3 is 4.90 Å². The summed E-state index contributed by atoms with van der Waals surface area (Å²) in [6, 6.07) is 6.09. The Hall–Kier alpha value is -1.46. The molecule has 0 atom stereocenters. The first-order valence-electron chi connectivity index (χ1n) is 6.60. The number of aromatic nitrogens is 2. The Bertz CT molecular complexity index is 517. The highest BCUT2D eigenvalue weighted by Crippen LogP contribution is 2.15. The molecule has 0 spiro atoms. The van der Waals surface area contributed by atoms with Crippen LogP contribution in [0.4, 0.5) is 5.82 Å². The van der Waals surface area contributed by atoms with Gasteiger partial charge in [-0.3, -0.25) is 4.90 Å². The van der Waals surface area contributed by atoms with Gasteiger partial charge in [0.25, 0.3) is 0 Å². The van der Waals surface area contributed by atoms with Crippen molar-refractivity contribution in [3.63, 3.8) is 0 Å². The van der Waals surface area contributed by atoms with Crippen LogP contribution in [0, 0.1) is 6.92 Å². The van der Waals surface area contributed by atoms with Crippen LogP contribution in [0.15, 0.2) is 29.8 Å². The van der Waals surface area contributed by atoms with E-state index in [1.807, 2.05) is 18.3 Å². The molecule has 0 bridgehead atoms. The molecule has 0 amide bonds. The van der Waals surface area contributed by atoms with Gasteiger partial charge in [-0.2, -0.15) is 0 Å². The van der Waals surface area contributed by atoms with Crippen molar-refractivity contribution in [2.24, 2.45) is 0 Å². The summed E-state index contributed by atoms with van der Waals surface area (Å²) in [5.41, 5.74) is 1.20. The number of nitrogens with zero attached hydrogens (tertiary/aromatic N) is 4. The van der Waals surface area contributed by atoms with Crippen molar-refractivity contribution >= 4 is 17.2 Å².